The van der Waals surface area contributed by atoms with Gasteiger partial charge in [-0.15, -0.1) is 13.2 Å². The molecule has 1 rings (SSSR count). The fourth-order valence-electron chi connectivity index (χ4n) is 1.61. The van der Waals surface area contributed by atoms with E-state index in [9.17, 15) is 23.3 Å². The monoisotopic (exact) mass is 320 g/mol. The average Bonchev–Trinajstić information content (AvgIpc) is 2.23. The van der Waals surface area contributed by atoms with Gasteiger partial charge >= 0.3 is 13.5 Å². The van der Waals surface area contributed by atoms with Crippen molar-refractivity contribution in [1.82, 2.24) is 0 Å². The number of rotatable bonds is 5. The van der Waals surface area contributed by atoms with Gasteiger partial charge in [-0.1, -0.05) is 6.07 Å². The summed E-state index contributed by atoms with van der Waals surface area (Å²) >= 11 is 0. The van der Waals surface area contributed by atoms with E-state index in [1.807, 2.05) is 0 Å². The Labute approximate surface area is 128 Å². The molecule has 0 saturated heterocycles. The summed E-state index contributed by atoms with van der Waals surface area (Å²) in [4.78, 5) is 0. The van der Waals surface area contributed by atoms with E-state index in [1.54, 1.807) is 13.8 Å². The lowest BCUT2D eigenvalue weighted by atomic mass is 9.74. The summed E-state index contributed by atoms with van der Waals surface area (Å²) in [6.45, 7) is 7.81. The predicted octanol–water partition coefficient (Wildman–Crippen LogP) is 2.15. The molecule has 2 N–H and O–H groups in total. The Balaban J connectivity index is 2.94. The zero-order valence-corrected chi connectivity index (χ0v) is 13.2. The number of ether oxygens (including phenoxy) is 1. The van der Waals surface area contributed by atoms with Crippen molar-refractivity contribution in [2.45, 2.75) is 52.2 Å². The number of hydrogen-bond donors (Lipinski definition) is 2. The van der Waals surface area contributed by atoms with E-state index in [2.05, 4.69) is 4.74 Å². The molecule has 0 amide bonds. The molecule has 1 aromatic carbocycles. The van der Waals surface area contributed by atoms with Crippen molar-refractivity contribution in [3.05, 3.63) is 23.8 Å². The van der Waals surface area contributed by atoms with Crippen LogP contribution < -0.4 is 10.2 Å². The van der Waals surface area contributed by atoms with E-state index in [1.165, 1.54) is 26.8 Å². The molecule has 0 atom stereocenters. The zero-order chi connectivity index (χ0) is 17.3. The molecular weight excluding hydrogens is 300 g/mol. The molecule has 0 unspecified atom stereocenters. The van der Waals surface area contributed by atoms with E-state index in [0.29, 0.717) is 11.0 Å². The summed E-state index contributed by atoms with van der Waals surface area (Å²) < 4.78 is 45.7. The summed E-state index contributed by atoms with van der Waals surface area (Å²) in [7, 11) is -1.39. The molecule has 8 heteroatoms. The fraction of sp³-hybridized carbons (Fsp3) is 0.571. The van der Waals surface area contributed by atoms with Crippen LogP contribution in [-0.2, 0) is 4.65 Å². The van der Waals surface area contributed by atoms with Crippen LogP contribution in [0, 0.1) is 6.92 Å². The van der Waals surface area contributed by atoms with Crippen molar-refractivity contribution in [2.24, 2.45) is 0 Å². The highest BCUT2D eigenvalue weighted by molar-refractivity contribution is 6.60. The summed E-state index contributed by atoms with van der Waals surface area (Å²) in [5.74, 6) is -0.373. The van der Waals surface area contributed by atoms with Crippen LogP contribution in [0.25, 0.3) is 0 Å². The molecule has 0 heterocycles. The van der Waals surface area contributed by atoms with Gasteiger partial charge in [-0.3, -0.25) is 0 Å². The lowest BCUT2D eigenvalue weighted by molar-refractivity contribution is -0.274. The smallest absolute Gasteiger partial charge is 0.423 e. The van der Waals surface area contributed by atoms with Crippen LogP contribution in [0.4, 0.5) is 13.2 Å². The second-order valence-electron chi connectivity index (χ2n) is 6.11. The van der Waals surface area contributed by atoms with Gasteiger partial charge in [0.25, 0.3) is 0 Å². The largest absolute Gasteiger partial charge is 0.573 e. The van der Waals surface area contributed by atoms with Gasteiger partial charge in [0.2, 0.25) is 0 Å². The van der Waals surface area contributed by atoms with Gasteiger partial charge in [0.1, 0.15) is 5.75 Å². The highest BCUT2D eigenvalue weighted by Crippen LogP contribution is 2.26. The Hall–Kier alpha value is -1.25. The van der Waals surface area contributed by atoms with Gasteiger partial charge in [0.15, 0.2) is 0 Å². The molecule has 124 valence electrons. The van der Waals surface area contributed by atoms with Crippen molar-refractivity contribution in [3.63, 3.8) is 0 Å². The number of hydrogen-bond acceptors (Lipinski definition) is 4. The lowest BCUT2D eigenvalue weighted by Gasteiger charge is -2.38. The molecule has 0 aliphatic heterocycles. The zero-order valence-electron chi connectivity index (χ0n) is 13.2. The maximum atomic E-state index is 12.2. The van der Waals surface area contributed by atoms with Crippen molar-refractivity contribution < 1.29 is 32.7 Å². The third kappa shape index (κ3) is 4.89. The molecule has 0 aliphatic rings. The first kappa shape index (κ1) is 18.8. The standard InChI is InChI=1S/C14H20BF3O4/c1-9-8-10(21-14(16,17)18)6-7-11(9)15(20)22-13(4,5)12(2,3)19/h6-8,19-20H,1-5H3. The van der Waals surface area contributed by atoms with Crippen molar-refractivity contribution >= 4 is 12.6 Å². The van der Waals surface area contributed by atoms with Crippen LogP contribution in [-0.4, -0.2) is 34.8 Å². The first-order valence-electron chi connectivity index (χ1n) is 6.67. The number of aryl methyl sites for hydroxylation is 1. The summed E-state index contributed by atoms with van der Waals surface area (Å²) in [5.41, 5.74) is -1.62. The van der Waals surface area contributed by atoms with E-state index >= 15 is 0 Å². The summed E-state index contributed by atoms with van der Waals surface area (Å²) in [6.07, 6.45) is -4.77. The second kappa shape index (κ2) is 6.10. The number of alkyl halides is 3. The van der Waals surface area contributed by atoms with Crippen LogP contribution >= 0.6 is 0 Å². The summed E-state index contributed by atoms with van der Waals surface area (Å²) in [6, 6.07) is 3.55. The molecule has 22 heavy (non-hydrogen) atoms. The number of halogens is 3. The first-order valence-corrected chi connectivity index (χ1v) is 6.67. The van der Waals surface area contributed by atoms with Crippen LogP contribution in [0.5, 0.6) is 5.75 Å². The maximum Gasteiger partial charge on any atom is 0.573 e. The molecule has 4 nitrogen and oxygen atoms in total. The van der Waals surface area contributed by atoms with Gasteiger partial charge in [0.05, 0.1) is 11.2 Å². The van der Waals surface area contributed by atoms with Gasteiger partial charge < -0.3 is 19.5 Å². The number of aliphatic hydroxyl groups is 1. The minimum absolute atomic E-state index is 0.298. The quantitative estimate of drug-likeness (QED) is 0.816. The molecule has 0 spiro atoms. The van der Waals surface area contributed by atoms with E-state index in [-0.39, 0.29) is 5.75 Å². The van der Waals surface area contributed by atoms with Gasteiger partial charge in [-0.05, 0) is 57.8 Å². The Morgan fingerprint density at radius 1 is 1.09 bits per heavy atom. The normalized spacial score (nSPS) is 13.2. The predicted molar refractivity (Wildman–Crippen MR) is 76.9 cm³/mol. The van der Waals surface area contributed by atoms with Crippen molar-refractivity contribution in [2.75, 3.05) is 0 Å². The molecule has 0 bridgehead atoms. The lowest BCUT2D eigenvalue weighted by Crippen LogP contribution is -2.53. The molecular formula is C14H20BF3O4. The van der Waals surface area contributed by atoms with E-state index in [0.717, 1.165) is 12.1 Å². The van der Waals surface area contributed by atoms with Crippen LogP contribution in [0.3, 0.4) is 0 Å². The molecule has 0 saturated carbocycles. The minimum atomic E-state index is -4.77. The minimum Gasteiger partial charge on any atom is -0.423 e. The second-order valence-corrected chi connectivity index (χ2v) is 6.11. The van der Waals surface area contributed by atoms with Crippen LogP contribution in [0.2, 0.25) is 0 Å². The third-order valence-corrected chi connectivity index (χ3v) is 3.62. The molecule has 0 aromatic heterocycles. The van der Waals surface area contributed by atoms with Crippen LogP contribution in [0.15, 0.2) is 18.2 Å². The highest BCUT2D eigenvalue weighted by atomic mass is 19.4. The highest BCUT2D eigenvalue weighted by Gasteiger charge is 2.40. The molecule has 1 aromatic rings. The molecule has 0 fully saturated rings. The number of benzene rings is 1. The van der Waals surface area contributed by atoms with E-state index in [4.69, 9.17) is 4.65 Å². The Bertz CT molecular complexity index is 524. The van der Waals surface area contributed by atoms with Crippen molar-refractivity contribution in [1.29, 1.82) is 0 Å². The van der Waals surface area contributed by atoms with Gasteiger partial charge in [-0.2, -0.15) is 0 Å². The molecule has 0 radical (unpaired) electrons. The SMILES string of the molecule is Cc1cc(OC(F)(F)F)ccc1B(O)OC(C)(C)C(C)(C)O. The summed E-state index contributed by atoms with van der Waals surface area (Å²) in [5, 5.41) is 20.1. The van der Waals surface area contributed by atoms with E-state index < -0.39 is 24.7 Å². The van der Waals surface area contributed by atoms with Crippen molar-refractivity contribution in [3.8, 4) is 5.75 Å². The third-order valence-electron chi connectivity index (χ3n) is 3.62. The van der Waals surface area contributed by atoms with Gasteiger partial charge in [0, 0.05) is 0 Å². The van der Waals surface area contributed by atoms with Gasteiger partial charge in [-0.25, -0.2) is 0 Å². The van der Waals surface area contributed by atoms with Crippen LogP contribution in [0.1, 0.15) is 33.3 Å². The Morgan fingerprint density at radius 2 is 1.64 bits per heavy atom. The average molecular weight is 320 g/mol. The first-order chi connectivity index (χ1) is 9.73. The molecule has 0 aliphatic carbocycles. The topological polar surface area (TPSA) is 58.9 Å². The fourth-order valence-corrected chi connectivity index (χ4v) is 1.61. The Morgan fingerprint density at radius 3 is 2.05 bits per heavy atom. The Kier molecular flexibility index (Phi) is 5.21. The maximum absolute atomic E-state index is 12.2.